The van der Waals surface area contributed by atoms with Gasteiger partial charge in [-0.1, -0.05) is 5.21 Å². The molecule has 0 radical (unpaired) electrons. The number of rotatable bonds is 7. The summed E-state index contributed by atoms with van der Waals surface area (Å²) in [7, 11) is 1.40. The highest BCUT2D eigenvalue weighted by Crippen LogP contribution is 2.34. The third-order valence-corrected chi connectivity index (χ3v) is 7.45. The minimum atomic E-state index is -0.873. The predicted molar refractivity (Wildman–Crippen MR) is 149 cm³/mol. The van der Waals surface area contributed by atoms with Crippen LogP contribution < -0.4 is 4.74 Å². The van der Waals surface area contributed by atoms with Crippen LogP contribution in [0.25, 0.3) is 16.9 Å². The summed E-state index contributed by atoms with van der Waals surface area (Å²) in [6.45, 7) is 10.6. The molecule has 1 aliphatic rings. The monoisotopic (exact) mass is 583 g/mol. The van der Waals surface area contributed by atoms with Gasteiger partial charge in [0.15, 0.2) is 5.88 Å². The second-order valence-corrected chi connectivity index (χ2v) is 11.7. The molecule has 5 rings (SSSR count). The highest BCUT2D eigenvalue weighted by Gasteiger charge is 2.37. The predicted octanol–water partition coefficient (Wildman–Crippen LogP) is 5.09. The molecule has 13 heteroatoms. The summed E-state index contributed by atoms with van der Waals surface area (Å²) in [6, 6.07) is 4.46. The van der Waals surface area contributed by atoms with Crippen LogP contribution in [-0.4, -0.2) is 72.8 Å². The van der Waals surface area contributed by atoms with Gasteiger partial charge >= 0.3 is 6.09 Å². The van der Waals surface area contributed by atoms with Gasteiger partial charge in [0, 0.05) is 50.3 Å². The van der Waals surface area contributed by atoms with Crippen LogP contribution in [0.4, 0.5) is 13.6 Å². The van der Waals surface area contributed by atoms with Crippen LogP contribution in [0.1, 0.15) is 58.0 Å². The van der Waals surface area contributed by atoms with Crippen LogP contribution in [0.15, 0.2) is 36.8 Å². The van der Waals surface area contributed by atoms with Gasteiger partial charge in [0.05, 0.1) is 17.4 Å². The van der Waals surface area contributed by atoms with Crippen LogP contribution in [0, 0.1) is 18.6 Å². The number of fused-ring (bicyclic) bond motifs is 1. The van der Waals surface area contributed by atoms with Gasteiger partial charge in [0.1, 0.15) is 47.0 Å². The maximum atomic E-state index is 14.4. The first kappa shape index (κ1) is 29.4. The van der Waals surface area contributed by atoms with Crippen molar-refractivity contribution in [2.75, 3.05) is 26.8 Å². The average molecular weight is 584 g/mol. The van der Waals surface area contributed by atoms with E-state index < -0.39 is 23.3 Å². The van der Waals surface area contributed by atoms with Crippen LogP contribution in [0.3, 0.4) is 0 Å². The maximum absolute atomic E-state index is 14.4. The Kier molecular flexibility index (Phi) is 7.88. The van der Waals surface area contributed by atoms with Crippen LogP contribution >= 0.6 is 0 Å². The molecule has 0 bridgehead atoms. The zero-order chi connectivity index (χ0) is 30.2. The SMILES string of the molecule is COC(COc1cc(-c2nnn(C3(C)CCN(C(=O)OC(C)(C)C)CC3)c2C)cc2nccn12)c1ncc(F)cc1F. The van der Waals surface area contributed by atoms with Crippen molar-refractivity contribution >= 4 is 11.7 Å². The van der Waals surface area contributed by atoms with Crippen molar-refractivity contribution in [2.24, 2.45) is 0 Å². The molecule has 4 aromatic rings. The molecular weight excluding hydrogens is 548 g/mol. The molecule has 0 aliphatic carbocycles. The van der Waals surface area contributed by atoms with E-state index in [0.717, 1.165) is 23.5 Å². The van der Waals surface area contributed by atoms with Crippen molar-refractivity contribution in [2.45, 2.75) is 64.7 Å². The highest BCUT2D eigenvalue weighted by molar-refractivity contribution is 5.69. The number of aromatic nitrogens is 6. The lowest BCUT2D eigenvalue weighted by Gasteiger charge is -2.40. The smallest absolute Gasteiger partial charge is 0.410 e. The number of carbonyl (C=O) groups excluding carboxylic acids is 1. The van der Waals surface area contributed by atoms with Crippen molar-refractivity contribution in [3.63, 3.8) is 0 Å². The minimum Gasteiger partial charge on any atom is -0.475 e. The Labute approximate surface area is 242 Å². The molecule has 1 atom stereocenters. The van der Waals surface area contributed by atoms with Crippen molar-refractivity contribution in [1.82, 2.24) is 34.3 Å². The van der Waals surface area contributed by atoms with Gasteiger partial charge in [-0.05, 0) is 53.5 Å². The number of methoxy groups -OCH3 is 1. The van der Waals surface area contributed by atoms with Crippen molar-refractivity contribution < 1.29 is 27.8 Å². The lowest BCUT2D eigenvalue weighted by molar-refractivity contribution is 0.0117. The zero-order valence-electron chi connectivity index (χ0n) is 24.6. The number of piperidine rings is 1. The van der Waals surface area contributed by atoms with E-state index in [2.05, 4.69) is 27.2 Å². The van der Waals surface area contributed by atoms with Crippen LogP contribution in [0.5, 0.6) is 5.88 Å². The number of imidazole rings is 1. The van der Waals surface area contributed by atoms with E-state index in [4.69, 9.17) is 14.2 Å². The molecule has 0 spiro atoms. The summed E-state index contributed by atoms with van der Waals surface area (Å²) in [5.41, 5.74) is 1.93. The van der Waals surface area contributed by atoms with Gasteiger partial charge in [0.25, 0.3) is 0 Å². The number of nitrogens with zero attached hydrogens (tertiary/aromatic N) is 7. The number of halogens is 2. The summed E-state index contributed by atoms with van der Waals surface area (Å²) in [5, 5.41) is 9.04. The Bertz CT molecular complexity index is 1590. The van der Waals surface area contributed by atoms with E-state index in [9.17, 15) is 13.6 Å². The minimum absolute atomic E-state index is 0.0540. The highest BCUT2D eigenvalue weighted by atomic mass is 19.1. The fourth-order valence-corrected chi connectivity index (χ4v) is 5.14. The Balaban J connectivity index is 1.37. The quantitative estimate of drug-likeness (QED) is 0.296. The van der Waals surface area contributed by atoms with Gasteiger partial charge < -0.3 is 19.1 Å². The summed E-state index contributed by atoms with van der Waals surface area (Å²) in [5.74, 6) is -1.16. The fraction of sp³-hybridized carbons (Fsp3) is 0.483. The van der Waals surface area contributed by atoms with E-state index in [1.165, 1.54) is 7.11 Å². The van der Waals surface area contributed by atoms with Gasteiger partial charge in [-0.3, -0.25) is 9.38 Å². The molecule has 42 heavy (non-hydrogen) atoms. The zero-order valence-corrected chi connectivity index (χ0v) is 24.6. The molecule has 0 saturated carbocycles. The third-order valence-electron chi connectivity index (χ3n) is 7.45. The van der Waals surface area contributed by atoms with Gasteiger partial charge in [0.2, 0.25) is 0 Å². The van der Waals surface area contributed by atoms with Gasteiger partial charge in [-0.2, -0.15) is 0 Å². The first-order valence-electron chi connectivity index (χ1n) is 13.7. The number of hydrogen-bond acceptors (Lipinski definition) is 8. The standard InChI is InChI=1S/C29H35F2N7O4/c1-18-25(34-35-38(18)29(5)7-10-36(11-8-29)27(39)42-28(2,3)4)19-13-23-32-9-12-37(23)24(14-19)41-17-22(40-6)26-21(31)15-20(30)16-33-26/h9,12-16,22H,7-8,10-11,17H2,1-6H3. The molecule has 1 aliphatic heterocycles. The summed E-state index contributed by atoms with van der Waals surface area (Å²) < 4.78 is 48.4. The lowest BCUT2D eigenvalue weighted by Crippen LogP contribution is -2.48. The van der Waals surface area contributed by atoms with Crippen molar-refractivity contribution in [1.29, 1.82) is 0 Å². The molecule has 1 amide bonds. The second kappa shape index (κ2) is 11.3. The molecule has 224 valence electrons. The molecule has 1 unspecified atom stereocenters. The molecular formula is C29H35F2N7O4. The van der Waals surface area contributed by atoms with E-state index in [-0.39, 0.29) is 23.9 Å². The summed E-state index contributed by atoms with van der Waals surface area (Å²) in [6.07, 6.45) is 4.52. The van der Waals surface area contributed by atoms with Crippen LogP contribution in [-0.2, 0) is 15.0 Å². The molecule has 1 fully saturated rings. The number of carbonyl (C=O) groups is 1. The summed E-state index contributed by atoms with van der Waals surface area (Å²) in [4.78, 5) is 22.6. The topological polar surface area (TPSA) is 109 Å². The number of amides is 1. The fourth-order valence-electron chi connectivity index (χ4n) is 5.14. The molecule has 11 nitrogen and oxygen atoms in total. The molecule has 0 N–H and O–H groups in total. The number of likely N-dealkylation sites (tertiary alicyclic amines) is 1. The Morgan fingerprint density at radius 3 is 2.55 bits per heavy atom. The Morgan fingerprint density at radius 1 is 1.14 bits per heavy atom. The normalized spacial score (nSPS) is 16.0. The van der Waals surface area contributed by atoms with E-state index in [1.807, 2.05) is 44.5 Å². The first-order valence-corrected chi connectivity index (χ1v) is 13.7. The maximum Gasteiger partial charge on any atom is 0.410 e. The average Bonchev–Trinajstić information content (AvgIpc) is 3.56. The first-order chi connectivity index (χ1) is 19.9. The third kappa shape index (κ3) is 5.91. The number of ether oxygens (including phenoxy) is 3. The van der Waals surface area contributed by atoms with E-state index in [0.29, 0.717) is 43.2 Å². The second-order valence-electron chi connectivity index (χ2n) is 11.7. The molecule has 1 saturated heterocycles. The molecule has 4 aromatic heterocycles. The number of pyridine rings is 2. The summed E-state index contributed by atoms with van der Waals surface area (Å²) >= 11 is 0. The Morgan fingerprint density at radius 2 is 1.88 bits per heavy atom. The largest absolute Gasteiger partial charge is 0.475 e. The van der Waals surface area contributed by atoms with Crippen molar-refractivity contribution in [3.05, 3.63) is 59.8 Å². The van der Waals surface area contributed by atoms with Crippen LogP contribution in [0.2, 0.25) is 0 Å². The van der Waals surface area contributed by atoms with E-state index in [1.54, 1.807) is 21.7 Å². The Hall–Kier alpha value is -4.13. The van der Waals surface area contributed by atoms with Crippen molar-refractivity contribution in [3.8, 4) is 17.1 Å². The molecule has 5 heterocycles. The molecule has 0 aromatic carbocycles. The van der Waals surface area contributed by atoms with Gasteiger partial charge in [-0.25, -0.2) is 23.2 Å². The van der Waals surface area contributed by atoms with E-state index >= 15 is 0 Å². The lowest BCUT2D eigenvalue weighted by atomic mass is 9.89. The number of hydrogen-bond donors (Lipinski definition) is 0. The van der Waals surface area contributed by atoms with Gasteiger partial charge in [-0.15, -0.1) is 5.10 Å².